The van der Waals surface area contributed by atoms with Crippen molar-refractivity contribution in [1.29, 1.82) is 0 Å². The number of para-hydroxylation sites is 1. The van der Waals surface area contributed by atoms with Crippen molar-refractivity contribution in [3.05, 3.63) is 30.1 Å². The third-order valence-corrected chi connectivity index (χ3v) is 9.10. The van der Waals surface area contributed by atoms with Gasteiger partial charge in [0, 0.05) is 45.8 Å². The third-order valence-electron chi connectivity index (χ3n) is 6.49. The van der Waals surface area contributed by atoms with Crippen LogP contribution in [0.3, 0.4) is 0 Å². The molecule has 9 heteroatoms. The number of urea groups is 1. The quantitative estimate of drug-likeness (QED) is 0.808. The van der Waals surface area contributed by atoms with Crippen LogP contribution in [0.5, 0.6) is 0 Å². The number of anilines is 1. The maximum Gasteiger partial charge on any atom is 0.322 e. The molecule has 1 aromatic rings. The van der Waals surface area contributed by atoms with Crippen LogP contribution < -0.4 is 5.32 Å². The third kappa shape index (κ3) is 3.40. The SMILES string of the molecule is CN1CCN(CC2CCS(=O)(=O)C23CN(C(=O)Nc2ccccc2F)C3)CC1. The molecule has 1 spiro atoms. The molecule has 3 saturated heterocycles. The van der Waals surface area contributed by atoms with E-state index in [0.29, 0.717) is 6.42 Å². The smallest absolute Gasteiger partial charge is 0.321 e. The lowest BCUT2D eigenvalue weighted by Gasteiger charge is -2.50. The zero-order valence-electron chi connectivity index (χ0n) is 16.1. The van der Waals surface area contributed by atoms with Gasteiger partial charge in [0.15, 0.2) is 9.84 Å². The lowest BCUT2D eigenvalue weighted by molar-refractivity contribution is 0.0788. The maximum atomic E-state index is 13.8. The van der Waals surface area contributed by atoms with Gasteiger partial charge in [-0.3, -0.25) is 0 Å². The van der Waals surface area contributed by atoms with Crippen LogP contribution in [0.1, 0.15) is 6.42 Å². The van der Waals surface area contributed by atoms with Crippen LogP contribution in [0.4, 0.5) is 14.9 Å². The molecule has 0 radical (unpaired) electrons. The molecule has 1 unspecified atom stereocenters. The van der Waals surface area contributed by atoms with Gasteiger partial charge >= 0.3 is 6.03 Å². The average molecular weight is 411 g/mol. The van der Waals surface area contributed by atoms with Crippen LogP contribution in [0.25, 0.3) is 0 Å². The van der Waals surface area contributed by atoms with Crippen LogP contribution >= 0.6 is 0 Å². The van der Waals surface area contributed by atoms with E-state index >= 15 is 0 Å². The molecule has 3 fully saturated rings. The van der Waals surface area contributed by atoms with Crippen LogP contribution in [0, 0.1) is 11.7 Å². The fourth-order valence-corrected chi connectivity index (χ4v) is 6.98. The van der Waals surface area contributed by atoms with Gasteiger partial charge in [0.1, 0.15) is 10.6 Å². The lowest BCUT2D eigenvalue weighted by atomic mass is 9.83. The number of halogens is 1. The predicted octanol–water partition coefficient (Wildman–Crippen LogP) is 1.09. The van der Waals surface area contributed by atoms with Crippen molar-refractivity contribution in [2.24, 2.45) is 5.92 Å². The minimum atomic E-state index is -3.24. The van der Waals surface area contributed by atoms with Gasteiger partial charge in [0.25, 0.3) is 0 Å². The summed E-state index contributed by atoms with van der Waals surface area (Å²) in [6, 6.07) is 5.52. The van der Waals surface area contributed by atoms with E-state index in [2.05, 4.69) is 22.2 Å². The average Bonchev–Trinajstić information content (AvgIpc) is 2.88. The molecule has 3 aliphatic heterocycles. The number of nitrogens with zero attached hydrogens (tertiary/aromatic N) is 3. The van der Waals surface area contributed by atoms with Gasteiger partial charge in [-0.15, -0.1) is 0 Å². The molecule has 4 rings (SSSR count). The van der Waals surface area contributed by atoms with Gasteiger partial charge in [0.2, 0.25) is 0 Å². The highest BCUT2D eigenvalue weighted by molar-refractivity contribution is 7.93. The number of rotatable bonds is 3. The molecule has 0 bridgehead atoms. The summed E-state index contributed by atoms with van der Waals surface area (Å²) in [5.74, 6) is -0.278. The molecule has 1 atom stereocenters. The Morgan fingerprint density at radius 3 is 2.57 bits per heavy atom. The van der Waals surface area contributed by atoms with Crippen LogP contribution in [0.15, 0.2) is 24.3 Å². The number of amides is 2. The lowest BCUT2D eigenvalue weighted by Crippen LogP contribution is -2.70. The largest absolute Gasteiger partial charge is 0.322 e. The molecule has 3 heterocycles. The van der Waals surface area contributed by atoms with E-state index in [-0.39, 0.29) is 30.4 Å². The molecule has 154 valence electrons. The minimum absolute atomic E-state index is 0.0402. The first-order chi connectivity index (χ1) is 13.3. The monoisotopic (exact) mass is 410 g/mol. The molecular formula is C19H27FN4O3S. The fourth-order valence-electron chi connectivity index (χ4n) is 4.57. The Bertz CT molecular complexity index is 848. The van der Waals surface area contributed by atoms with E-state index in [0.717, 1.165) is 32.7 Å². The summed E-state index contributed by atoms with van der Waals surface area (Å²) in [5.41, 5.74) is 0.108. The first-order valence-electron chi connectivity index (χ1n) is 9.74. The van der Waals surface area contributed by atoms with Crippen molar-refractivity contribution >= 4 is 21.6 Å². The van der Waals surface area contributed by atoms with Crippen molar-refractivity contribution in [3.8, 4) is 0 Å². The number of sulfone groups is 1. The van der Waals surface area contributed by atoms with Crippen molar-refractivity contribution in [3.63, 3.8) is 0 Å². The normalized spacial score (nSPS) is 26.9. The molecule has 0 aliphatic carbocycles. The second kappa shape index (κ2) is 7.27. The number of carbonyl (C=O) groups is 1. The molecule has 3 aliphatic rings. The highest BCUT2D eigenvalue weighted by atomic mass is 32.2. The second-order valence-electron chi connectivity index (χ2n) is 8.24. The van der Waals surface area contributed by atoms with Crippen LogP contribution in [-0.4, -0.2) is 92.5 Å². The molecule has 28 heavy (non-hydrogen) atoms. The maximum absolute atomic E-state index is 13.8. The van der Waals surface area contributed by atoms with E-state index in [9.17, 15) is 17.6 Å². The Morgan fingerprint density at radius 2 is 1.89 bits per heavy atom. The molecule has 1 N–H and O–H groups in total. The summed E-state index contributed by atoms with van der Waals surface area (Å²) in [6.07, 6.45) is 0.650. The summed E-state index contributed by atoms with van der Waals surface area (Å²) in [6.45, 7) is 5.01. The van der Waals surface area contributed by atoms with Crippen molar-refractivity contribution in [1.82, 2.24) is 14.7 Å². The van der Waals surface area contributed by atoms with Gasteiger partial charge in [-0.1, -0.05) is 12.1 Å². The molecule has 7 nitrogen and oxygen atoms in total. The van der Waals surface area contributed by atoms with Gasteiger partial charge in [-0.25, -0.2) is 17.6 Å². The van der Waals surface area contributed by atoms with Crippen LogP contribution in [-0.2, 0) is 9.84 Å². The molecule has 0 saturated carbocycles. The number of likely N-dealkylation sites (N-methyl/N-ethyl adjacent to an activating group) is 1. The zero-order valence-corrected chi connectivity index (χ0v) is 16.9. The number of nitrogens with one attached hydrogen (secondary N) is 1. The van der Waals surface area contributed by atoms with Crippen LogP contribution in [0.2, 0.25) is 0 Å². The first-order valence-corrected chi connectivity index (χ1v) is 11.4. The van der Waals surface area contributed by atoms with Gasteiger partial charge in [-0.2, -0.15) is 0 Å². The Labute approximate surface area is 165 Å². The van der Waals surface area contributed by atoms with Gasteiger partial charge in [0.05, 0.1) is 11.4 Å². The minimum Gasteiger partial charge on any atom is -0.321 e. The van der Waals surface area contributed by atoms with E-state index in [1.165, 1.54) is 17.0 Å². The number of hydrogen-bond acceptors (Lipinski definition) is 5. The highest BCUT2D eigenvalue weighted by Crippen LogP contribution is 2.45. The number of piperazine rings is 1. The number of benzene rings is 1. The standard InChI is InChI=1S/C19H27FN4O3S/c1-22-7-9-23(10-8-22)12-15-6-11-28(26,27)19(15)13-24(14-19)18(25)21-17-5-3-2-4-16(17)20/h2-5,15H,6-14H2,1H3,(H,21,25). The predicted molar refractivity (Wildman–Crippen MR) is 106 cm³/mol. The molecule has 1 aromatic carbocycles. The fraction of sp³-hybridized carbons (Fsp3) is 0.632. The molecular weight excluding hydrogens is 383 g/mol. The van der Waals surface area contributed by atoms with Gasteiger partial charge < -0.3 is 20.0 Å². The van der Waals surface area contributed by atoms with E-state index in [1.807, 2.05) is 0 Å². The summed E-state index contributed by atoms with van der Waals surface area (Å²) in [5, 5.41) is 2.55. The topological polar surface area (TPSA) is 73.0 Å². The molecule has 2 amide bonds. The van der Waals surface area contributed by atoms with E-state index in [4.69, 9.17) is 0 Å². The Kier molecular flexibility index (Phi) is 5.09. The second-order valence-corrected chi connectivity index (χ2v) is 10.7. The van der Waals surface area contributed by atoms with Crippen molar-refractivity contribution in [2.45, 2.75) is 11.2 Å². The van der Waals surface area contributed by atoms with Crippen molar-refractivity contribution in [2.75, 3.05) is 63.9 Å². The highest BCUT2D eigenvalue weighted by Gasteiger charge is 2.62. The summed E-state index contributed by atoms with van der Waals surface area (Å²) in [7, 11) is -1.15. The van der Waals surface area contributed by atoms with Gasteiger partial charge in [-0.05, 0) is 31.5 Å². The van der Waals surface area contributed by atoms with E-state index in [1.54, 1.807) is 12.1 Å². The number of hydrogen-bond donors (Lipinski definition) is 1. The number of likely N-dealkylation sites (tertiary alicyclic amines) is 1. The zero-order chi connectivity index (χ0) is 19.9. The Hall–Kier alpha value is -1.71. The summed E-state index contributed by atoms with van der Waals surface area (Å²) < 4.78 is 38.5. The summed E-state index contributed by atoms with van der Waals surface area (Å²) >= 11 is 0. The van der Waals surface area contributed by atoms with E-state index < -0.39 is 26.4 Å². The first kappa shape index (κ1) is 19.6. The Balaban J connectivity index is 1.41. The Morgan fingerprint density at radius 1 is 1.21 bits per heavy atom. The van der Waals surface area contributed by atoms with Crippen molar-refractivity contribution < 1.29 is 17.6 Å². The summed E-state index contributed by atoms with van der Waals surface area (Å²) in [4.78, 5) is 18.6. The number of carbonyl (C=O) groups excluding carboxylic acids is 1. The molecule has 0 aromatic heterocycles.